The highest BCUT2D eigenvalue weighted by Gasteiger charge is 2.05. The molecule has 1 heterocycles. The summed E-state index contributed by atoms with van der Waals surface area (Å²) < 4.78 is 13.7. The van der Waals surface area contributed by atoms with Gasteiger partial charge in [-0.15, -0.1) is 0 Å². The smallest absolute Gasteiger partial charge is 0.108 e. The number of aromatic nitrogens is 1. The summed E-state index contributed by atoms with van der Waals surface area (Å²) in [6.07, 6.45) is 0. The van der Waals surface area contributed by atoms with Crippen LogP contribution in [0.2, 0.25) is 0 Å². The molecule has 0 N–H and O–H groups in total. The van der Waals surface area contributed by atoms with Crippen molar-refractivity contribution < 1.29 is 4.39 Å². The summed E-state index contributed by atoms with van der Waals surface area (Å²) in [5, 5.41) is 1.12. The third kappa shape index (κ3) is 2.98. The fourth-order valence-corrected chi connectivity index (χ4v) is 2.40. The summed E-state index contributed by atoms with van der Waals surface area (Å²) in [6.45, 7) is -0.299. The minimum absolute atomic E-state index is 0.176. The van der Waals surface area contributed by atoms with Gasteiger partial charge in [-0.05, 0) is 24.3 Å². The molecule has 3 rings (SSSR count). The summed E-state index contributed by atoms with van der Waals surface area (Å²) in [5.41, 5.74) is 3.66. The van der Waals surface area contributed by atoms with Gasteiger partial charge in [-0.2, -0.15) is 0 Å². The van der Waals surface area contributed by atoms with Crippen molar-refractivity contribution in [3.63, 3.8) is 0 Å². The van der Waals surface area contributed by atoms with Crippen molar-refractivity contribution in [2.24, 2.45) is 0 Å². The van der Waals surface area contributed by atoms with Crippen LogP contribution in [-0.4, -0.2) is 18.2 Å². The van der Waals surface area contributed by atoms with Crippen LogP contribution in [0.15, 0.2) is 60.7 Å². The molecule has 0 bridgehead atoms. The van der Waals surface area contributed by atoms with Gasteiger partial charge in [0.2, 0.25) is 0 Å². The molecular weight excluding hydrogens is 287 g/mol. The van der Waals surface area contributed by atoms with Gasteiger partial charge in [0.25, 0.3) is 0 Å². The fourth-order valence-electron chi connectivity index (χ4n) is 2.22. The van der Waals surface area contributed by atoms with E-state index in [0.717, 1.165) is 27.8 Å². The fraction of sp³-hybridized carbons (Fsp3) is 0.118. The maximum atomic E-state index is 12.3. The molecular formula is C17H14ClFN2. The van der Waals surface area contributed by atoms with Gasteiger partial charge in [0.05, 0.1) is 23.4 Å². The number of halogens is 2. The first-order valence-electron chi connectivity index (χ1n) is 6.73. The van der Waals surface area contributed by atoms with E-state index in [2.05, 4.69) is 11.1 Å². The molecule has 0 aliphatic rings. The average Bonchev–Trinajstić information content (AvgIpc) is 2.55. The molecule has 106 valence electrons. The van der Waals surface area contributed by atoms with Crippen molar-refractivity contribution in [3.05, 3.63) is 60.7 Å². The van der Waals surface area contributed by atoms with Gasteiger partial charge in [-0.3, -0.25) is 4.42 Å². The van der Waals surface area contributed by atoms with Crippen molar-refractivity contribution >= 4 is 28.4 Å². The Kier molecular flexibility index (Phi) is 4.02. The molecule has 2 aromatic carbocycles. The SMILES string of the molecule is FCCN(Cl)c1ccc(-c2ccc3ccccc3n2)cc1. The second-order valence-corrected chi connectivity index (χ2v) is 5.12. The lowest BCUT2D eigenvalue weighted by molar-refractivity contribution is 0.505. The Morgan fingerprint density at radius 3 is 2.48 bits per heavy atom. The molecule has 0 radical (unpaired) electrons. The first-order valence-corrected chi connectivity index (χ1v) is 7.07. The zero-order valence-electron chi connectivity index (χ0n) is 11.3. The van der Waals surface area contributed by atoms with E-state index in [1.54, 1.807) is 0 Å². The van der Waals surface area contributed by atoms with E-state index in [1.165, 1.54) is 4.42 Å². The van der Waals surface area contributed by atoms with Gasteiger partial charge >= 0.3 is 0 Å². The van der Waals surface area contributed by atoms with Crippen LogP contribution in [0.1, 0.15) is 0 Å². The number of pyridine rings is 1. The number of hydrogen-bond acceptors (Lipinski definition) is 2. The number of anilines is 1. The van der Waals surface area contributed by atoms with Crippen molar-refractivity contribution in [2.45, 2.75) is 0 Å². The molecule has 0 unspecified atom stereocenters. The van der Waals surface area contributed by atoms with Crippen LogP contribution >= 0.6 is 11.8 Å². The second-order valence-electron chi connectivity index (χ2n) is 4.71. The van der Waals surface area contributed by atoms with Crippen molar-refractivity contribution in [2.75, 3.05) is 17.6 Å². The van der Waals surface area contributed by atoms with Gasteiger partial charge < -0.3 is 0 Å². The molecule has 0 spiro atoms. The van der Waals surface area contributed by atoms with Crippen molar-refractivity contribution in [1.29, 1.82) is 0 Å². The average molecular weight is 301 g/mol. The summed E-state index contributed by atoms with van der Waals surface area (Å²) in [4.78, 5) is 4.65. The van der Waals surface area contributed by atoms with Crippen LogP contribution in [0.25, 0.3) is 22.2 Å². The lowest BCUT2D eigenvalue weighted by Gasteiger charge is -2.14. The summed E-state index contributed by atoms with van der Waals surface area (Å²) in [5.74, 6) is 0. The molecule has 4 heteroatoms. The number of para-hydroxylation sites is 1. The van der Waals surface area contributed by atoms with Gasteiger partial charge in [-0.1, -0.05) is 36.4 Å². The lowest BCUT2D eigenvalue weighted by Crippen LogP contribution is -2.12. The van der Waals surface area contributed by atoms with Crippen molar-refractivity contribution in [1.82, 2.24) is 4.98 Å². The first kappa shape index (κ1) is 13.8. The normalized spacial score (nSPS) is 10.8. The minimum Gasteiger partial charge on any atom is -0.283 e. The van der Waals surface area contributed by atoms with E-state index >= 15 is 0 Å². The van der Waals surface area contributed by atoms with Crippen LogP contribution < -0.4 is 4.42 Å². The van der Waals surface area contributed by atoms with Gasteiger partial charge in [0.1, 0.15) is 6.67 Å². The Hall–Kier alpha value is -2.13. The predicted molar refractivity (Wildman–Crippen MR) is 86.4 cm³/mol. The third-order valence-electron chi connectivity index (χ3n) is 3.32. The highest BCUT2D eigenvalue weighted by atomic mass is 35.5. The van der Waals surface area contributed by atoms with Crippen LogP contribution in [-0.2, 0) is 0 Å². The molecule has 1 aromatic heterocycles. The molecule has 0 saturated heterocycles. The Morgan fingerprint density at radius 1 is 0.952 bits per heavy atom. The molecule has 3 aromatic rings. The number of nitrogens with zero attached hydrogens (tertiary/aromatic N) is 2. The third-order valence-corrected chi connectivity index (χ3v) is 3.69. The number of hydrogen-bond donors (Lipinski definition) is 0. The van der Waals surface area contributed by atoms with E-state index in [0.29, 0.717) is 0 Å². The van der Waals surface area contributed by atoms with Crippen LogP contribution in [0.4, 0.5) is 10.1 Å². The predicted octanol–water partition coefficient (Wildman–Crippen LogP) is 4.83. The Bertz CT molecular complexity index is 743. The van der Waals surface area contributed by atoms with Gasteiger partial charge in [-0.25, -0.2) is 9.37 Å². The molecule has 0 aliphatic carbocycles. The summed E-state index contributed by atoms with van der Waals surface area (Å²) in [7, 11) is 0. The molecule has 0 atom stereocenters. The largest absolute Gasteiger partial charge is 0.283 e. The van der Waals surface area contributed by atoms with E-state index < -0.39 is 6.67 Å². The van der Waals surface area contributed by atoms with E-state index in [-0.39, 0.29) is 6.54 Å². The van der Waals surface area contributed by atoms with E-state index in [4.69, 9.17) is 11.8 Å². The number of rotatable bonds is 4. The minimum atomic E-state index is -0.475. The zero-order valence-corrected chi connectivity index (χ0v) is 12.1. The van der Waals surface area contributed by atoms with Gasteiger partial charge in [0, 0.05) is 22.7 Å². The highest BCUT2D eigenvalue weighted by molar-refractivity contribution is 6.25. The Morgan fingerprint density at radius 2 is 1.71 bits per heavy atom. The number of benzene rings is 2. The van der Waals surface area contributed by atoms with E-state index in [9.17, 15) is 4.39 Å². The first-order chi connectivity index (χ1) is 10.3. The number of fused-ring (bicyclic) bond motifs is 1. The summed E-state index contributed by atoms with van der Waals surface area (Å²) in [6, 6.07) is 19.7. The zero-order chi connectivity index (χ0) is 14.7. The van der Waals surface area contributed by atoms with Gasteiger partial charge in [0.15, 0.2) is 0 Å². The maximum absolute atomic E-state index is 12.3. The van der Waals surface area contributed by atoms with E-state index in [1.807, 2.05) is 54.6 Å². The quantitative estimate of drug-likeness (QED) is 0.641. The molecule has 0 fully saturated rings. The second kappa shape index (κ2) is 6.10. The summed E-state index contributed by atoms with van der Waals surface area (Å²) >= 11 is 5.96. The van der Waals surface area contributed by atoms with Crippen LogP contribution in [0, 0.1) is 0 Å². The maximum Gasteiger partial charge on any atom is 0.108 e. The molecule has 0 aliphatic heterocycles. The highest BCUT2D eigenvalue weighted by Crippen LogP contribution is 2.24. The Labute approximate surface area is 127 Å². The van der Waals surface area contributed by atoms with Crippen molar-refractivity contribution in [3.8, 4) is 11.3 Å². The van der Waals surface area contributed by atoms with Crippen LogP contribution in [0.5, 0.6) is 0 Å². The molecule has 2 nitrogen and oxygen atoms in total. The number of alkyl halides is 1. The molecule has 0 saturated carbocycles. The molecule has 0 amide bonds. The van der Waals surface area contributed by atoms with Crippen LogP contribution in [0.3, 0.4) is 0 Å². The monoisotopic (exact) mass is 300 g/mol. The Balaban J connectivity index is 1.91. The molecule has 21 heavy (non-hydrogen) atoms. The standard InChI is InChI=1S/C17H14ClFN2/c18-21(12-11-19)15-8-5-14(6-9-15)17-10-7-13-3-1-2-4-16(13)20-17/h1-10H,11-12H2. The topological polar surface area (TPSA) is 16.1 Å². The lowest BCUT2D eigenvalue weighted by atomic mass is 10.1.